The van der Waals surface area contributed by atoms with Gasteiger partial charge in [-0.15, -0.1) is 0 Å². The second kappa shape index (κ2) is 9.69. The van der Waals surface area contributed by atoms with Crippen molar-refractivity contribution in [1.29, 1.82) is 0 Å². The summed E-state index contributed by atoms with van der Waals surface area (Å²) in [5.74, 6) is 0.196. The molecule has 1 saturated heterocycles. The van der Waals surface area contributed by atoms with Crippen LogP contribution < -0.4 is 19.9 Å². The molecule has 1 aliphatic rings. The minimum atomic E-state index is -3.83. The fraction of sp³-hybridized carbons (Fsp3) is 0.150. The van der Waals surface area contributed by atoms with E-state index in [4.69, 9.17) is 26.8 Å². The van der Waals surface area contributed by atoms with Crippen LogP contribution in [0.25, 0.3) is 6.08 Å². The molecule has 168 valence electrons. The molecule has 2 amide bonds. The standard InChI is InChI=1S/C20H19N3O6S3/c1-28-15-8-3-12(9-16(15)29-2)10-17-19(25)23(20(30)31-17)11-18(24)22-13-4-6-14(7-5-13)32(21,26)27/h3-10H,11H2,1-2H3,(H,22,24)(H2,21,26,27)/b17-10-. The number of nitrogens with one attached hydrogen (secondary N) is 1. The third kappa shape index (κ3) is 5.46. The van der Waals surface area contributed by atoms with E-state index in [1.165, 1.54) is 43.4 Å². The molecule has 1 heterocycles. The molecule has 0 spiro atoms. The van der Waals surface area contributed by atoms with Crippen LogP contribution in [0, 0.1) is 0 Å². The fourth-order valence-corrected chi connectivity index (χ4v) is 4.57. The van der Waals surface area contributed by atoms with E-state index in [0.29, 0.717) is 27.7 Å². The number of anilines is 1. The van der Waals surface area contributed by atoms with E-state index in [-0.39, 0.29) is 15.8 Å². The first kappa shape index (κ1) is 23.7. The summed E-state index contributed by atoms with van der Waals surface area (Å²) in [5.41, 5.74) is 1.07. The number of methoxy groups -OCH3 is 2. The van der Waals surface area contributed by atoms with Crippen molar-refractivity contribution < 1.29 is 27.5 Å². The van der Waals surface area contributed by atoms with Crippen molar-refractivity contribution in [3.05, 3.63) is 52.9 Å². The second-order valence-corrected chi connectivity index (χ2v) is 9.74. The molecule has 0 unspecified atom stereocenters. The third-order valence-corrected chi connectivity index (χ3v) is 6.65. The largest absolute Gasteiger partial charge is 0.493 e. The Labute approximate surface area is 194 Å². The van der Waals surface area contributed by atoms with Crippen molar-refractivity contribution in [2.45, 2.75) is 4.90 Å². The zero-order valence-corrected chi connectivity index (χ0v) is 19.5. The zero-order valence-electron chi connectivity index (χ0n) is 17.0. The second-order valence-electron chi connectivity index (χ2n) is 6.50. The highest BCUT2D eigenvalue weighted by Gasteiger charge is 2.33. The van der Waals surface area contributed by atoms with Crippen molar-refractivity contribution >= 4 is 61.9 Å². The quantitative estimate of drug-likeness (QED) is 0.444. The number of thiocarbonyl (C=S) groups is 1. The summed E-state index contributed by atoms with van der Waals surface area (Å²) in [5, 5.41) is 7.65. The molecule has 0 atom stereocenters. The summed E-state index contributed by atoms with van der Waals surface area (Å²) < 4.78 is 33.3. The highest BCUT2D eigenvalue weighted by Crippen LogP contribution is 2.34. The lowest BCUT2D eigenvalue weighted by molar-refractivity contribution is -0.126. The first-order valence-electron chi connectivity index (χ1n) is 9.02. The van der Waals surface area contributed by atoms with Gasteiger partial charge in [0.15, 0.2) is 11.5 Å². The zero-order chi connectivity index (χ0) is 23.5. The van der Waals surface area contributed by atoms with Gasteiger partial charge in [-0.05, 0) is 48.0 Å². The number of carbonyl (C=O) groups excluding carboxylic acids is 2. The van der Waals surface area contributed by atoms with E-state index in [0.717, 1.165) is 11.8 Å². The predicted molar refractivity (Wildman–Crippen MR) is 126 cm³/mol. The number of thioether (sulfide) groups is 1. The van der Waals surface area contributed by atoms with E-state index in [2.05, 4.69) is 5.32 Å². The number of benzene rings is 2. The molecule has 1 aliphatic heterocycles. The van der Waals surface area contributed by atoms with Gasteiger partial charge in [-0.3, -0.25) is 14.5 Å². The van der Waals surface area contributed by atoms with E-state index in [1.54, 1.807) is 24.3 Å². The normalized spacial score (nSPS) is 15.2. The molecule has 32 heavy (non-hydrogen) atoms. The topological polar surface area (TPSA) is 128 Å². The van der Waals surface area contributed by atoms with Gasteiger partial charge in [0.1, 0.15) is 10.9 Å². The molecule has 2 aromatic rings. The fourth-order valence-electron chi connectivity index (χ4n) is 2.80. The first-order valence-corrected chi connectivity index (χ1v) is 11.8. The molecule has 0 bridgehead atoms. The van der Waals surface area contributed by atoms with Crippen LogP contribution >= 0.6 is 24.0 Å². The summed E-state index contributed by atoms with van der Waals surface area (Å²) >= 11 is 6.35. The highest BCUT2D eigenvalue weighted by molar-refractivity contribution is 8.26. The Bertz CT molecular complexity index is 1210. The van der Waals surface area contributed by atoms with Crippen LogP contribution in [0.2, 0.25) is 0 Å². The van der Waals surface area contributed by atoms with Gasteiger partial charge in [-0.25, -0.2) is 13.6 Å². The van der Waals surface area contributed by atoms with E-state index >= 15 is 0 Å². The molecule has 9 nitrogen and oxygen atoms in total. The summed E-state index contributed by atoms with van der Waals surface area (Å²) in [6, 6.07) is 10.6. The van der Waals surface area contributed by atoms with Gasteiger partial charge >= 0.3 is 0 Å². The van der Waals surface area contributed by atoms with E-state index < -0.39 is 21.8 Å². The SMILES string of the molecule is COc1ccc(/C=C2\SC(=S)N(CC(=O)Nc3ccc(S(N)(=O)=O)cc3)C2=O)cc1OC. The summed E-state index contributed by atoms with van der Waals surface area (Å²) in [6.45, 7) is -0.287. The monoisotopic (exact) mass is 493 g/mol. The van der Waals surface area contributed by atoms with Crippen LogP contribution in [-0.4, -0.2) is 50.2 Å². The van der Waals surface area contributed by atoms with Crippen molar-refractivity contribution in [2.24, 2.45) is 5.14 Å². The van der Waals surface area contributed by atoms with Crippen LogP contribution in [0.15, 0.2) is 52.3 Å². The number of amides is 2. The molecule has 0 aliphatic carbocycles. The molecule has 12 heteroatoms. The Morgan fingerprint density at radius 3 is 2.41 bits per heavy atom. The minimum absolute atomic E-state index is 0.0762. The minimum Gasteiger partial charge on any atom is -0.493 e. The summed E-state index contributed by atoms with van der Waals surface area (Å²) in [7, 11) is -0.782. The summed E-state index contributed by atoms with van der Waals surface area (Å²) in [4.78, 5) is 26.7. The Hall–Kier alpha value is -2.93. The summed E-state index contributed by atoms with van der Waals surface area (Å²) in [6.07, 6.45) is 1.66. The van der Waals surface area contributed by atoms with Crippen molar-refractivity contribution in [3.8, 4) is 11.5 Å². The van der Waals surface area contributed by atoms with Gasteiger partial charge in [0.2, 0.25) is 15.9 Å². The maximum atomic E-state index is 12.8. The van der Waals surface area contributed by atoms with Crippen LogP contribution in [0.3, 0.4) is 0 Å². The lowest BCUT2D eigenvalue weighted by Crippen LogP contribution is -2.36. The van der Waals surface area contributed by atoms with Crippen molar-refractivity contribution in [1.82, 2.24) is 4.90 Å². The highest BCUT2D eigenvalue weighted by atomic mass is 32.2. The van der Waals surface area contributed by atoms with Gasteiger partial charge < -0.3 is 14.8 Å². The molecule has 2 aromatic carbocycles. The van der Waals surface area contributed by atoms with Gasteiger partial charge in [-0.1, -0.05) is 30.0 Å². The van der Waals surface area contributed by atoms with Crippen LogP contribution in [0.1, 0.15) is 5.56 Å². The lowest BCUT2D eigenvalue weighted by Gasteiger charge is -2.14. The Morgan fingerprint density at radius 2 is 1.81 bits per heavy atom. The van der Waals surface area contributed by atoms with Gasteiger partial charge in [-0.2, -0.15) is 0 Å². The van der Waals surface area contributed by atoms with E-state index in [1.807, 2.05) is 0 Å². The molecule has 3 rings (SSSR count). The maximum Gasteiger partial charge on any atom is 0.266 e. The van der Waals surface area contributed by atoms with E-state index in [9.17, 15) is 18.0 Å². The Kier molecular flexibility index (Phi) is 7.19. The van der Waals surface area contributed by atoms with Crippen LogP contribution in [0.5, 0.6) is 11.5 Å². The van der Waals surface area contributed by atoms with Crippen molar-refractivity contribution in [3.63, 3.8) is 0 Å². The molecule has 1 fully saturated rings. The number of nitrogens with two attached hydrogens (primary N) is 1. The van der Waals surface area contributed by atoms with Crippen molar-refractivity contribution in [2.75, 3.05) is 26.1 Å². The number of hydrogen-bond donors (Lipinski definition) is 2. The maximum absolute atomic E-state index is 12.8. The number of ether oxygens (including phenoxy) is 2. The molecule has 0 radical (unpaired) electrons. The molecule has 3 N–H and O–H groups in total. The molecule has 0 saturated carbocycles. The molecule has 0 aromatic heterocycles. The van der Waals surface area contributed by atoms with Crippen LogP contribution in [-0.2, 0) is 19.6 Å². The predicted octanol–water partition coefficient (Wildman–Crippen LogP) is 2.19. The number of primary sulfonamides is 1. The number of sulfonamides is 1. The first-order chi connectivity index (χ1) is 15.1. The Morgan fingerprint density at radius 1 is 1.16 bits per heavy atom. The van der Waals surface area contributed by atoms with Crippen LogP contribution in [0.4, 0.5) is 5.69 Å². The van der Waals surface area contributed by atoms with Gasteiger partial charge in [0.05, 0.1) is 24.0 Å². The average Bonchev–Trinajstić information content (AvgIpc) is 3.00. The van der Waals surface area contributed by atoms with Gasteiger partial charge in [0.25, 0.3) is 5.91 Å². The number of carbonyl (C=O) groups is 2. The number of nitrogens with zero attached hydrogens (tertiary/aromatic N) is 1. The van der Waals surface area contributed by atoms with Gasteiger partial charge in [0, 0.05) is 5.69 Å². The number of rotatable bonds is 7. The number of hydrogen-bond acceptors (Lipinski definition) is 8. The lowest BCUT2D eigenvalue weighted by atomic mass is 10.2. The Balaban J connectivity index is 1.69. The molecular formula is C20H19N3O6S3. The smallest absolute Gasteiger partial charge is 0.266 e. The average molecular weight is 494 g/mol. The third-order valence-electron chi connectivity index (χ3n) is 4.35. The molecular weight excluding hydrogens is 474 g/mol.